The number of nitrogens with one attached hydrogen (secondary N) is 2. The molecule has 0 spiro atoms. The van der Waals surface area contributed by atoms with Crippen LogP contribution in [0.5, 0.6) is 0 Å². The molecule has 0 unspecified atom stereocenters. The molecule has 0 bridgehead atoms. The molecule has 0 atom stereocenters. The summed E-state index contributed by atoms with van der Waals surface area (Å²) in [5, 5.41) is 5.39. The summed E-state index contributed by atoms with van der Waals surface area (Å²) in [4.78, 5) is 47.9. The minimum atomic E-state index is -0.317. The normalized spacial score (nSPS) is 13.7. The maximum atomic E-state index is 12.3. The molecule has 2 N–H and O–H groups in total. The smallest absolute Gasteiger partial charge is 0.255 e. The minimum Gasteiger partial charge on any atom is -0.326 e. The third-order valence-electron chi connectivity index (χ3n) is 3.90. The highest BCUT2D eigenvalue weighted by Crippen LogP contribution is 2.23. The van der Waals surface area contributed by atoms with Crippen LogP contribution in [0.4, 0.5) is 17.1 Å². The first kappa shape index (κ1) is 17.3. The first-order chi connectivity index (χ1) is 12.4. The van der Waals surface area contributed by atoms with Crippen LogP contribution in [0.25, 0.3) is 0 Å². The van der Waals surface area contributed by atoms with Gasteiger partial charge in [0.05, 0.1) is 5.69 Å². The van der Waals surface area contributed by atoms with Gasteiger partial charge >= 0.3 is 0 Å². The van der Waals surface area contributed by atoms with Gasteiger partial charge in [0.15, 0.2) is 0 Å². The predicted octanol–water partition coefficient (Wildman–Crippen LogP) is 2.55. The molecule has 1 saturated heterocycles. The second kappa shape index (κ2) is 7.18. The third kappa shape index (κ3) is 3.77. The molecule has 4 amide bonds. The monoisotopic (exact) mass is 351 g/mol. The van der Waals surface area contributed by atoms with Gasteiger partial charge in [-0.2, -0.15) is 0 Å². The van der Waals surface area contributed by atoms with E-state index < -0.39 is 0 Å². The van der Waals surface area contributed by atoms with E-state index in [1.807, 2.05) is 0 Å². The molecule has 1 aliphatic rings. The fraction of sp³-hybridized carbons (Fsp3) is 0.158. The van der Waals surface area contributed by atoms with Crippen LogP contribution in [0.1, 0.15) is 30.1 Å². The van der Waals surface area contributed by atoms with Gasteiger partial charge in [0, 0.05) is 36.7 Å². The molecule has 3 rings (SSSR count). The summed E-state index contributed by atoms with van der Waals surface area (Å²) in [6.45, 7) is 1.42. The van der Waals surface area contributed by atoms with Crippen LogP contribution < -0.4 is 15.5 Å². The Morgan fingerprint density at radius 1 is 0.808 bits per heavy atom. The standard InChI is InChI=1S/C19H17N3O4/c1-12(23)20-14-4-6-15(7-5-14)21-19(26)13-2-8-16(9-3-13)22-17(24)10-11-18(22)25/h2-9H,10-11H2,1H3,(H,20,23)(H,21,26). The Labute approximate surface area is 150 Å². The number of carbonyl (C=O) groups is 4. The summed E-state index contributed by atoms with van der Waals surface area (Å²) >= 11 is 0. The zero-order valence-electron chi connectivity index (χ0n) is 14.1. The number of amides is 4. The van der Waals surface area contributed by atoms with Crippen molar-refractivity contribution in [2.75, 3.05) is 15.5 Å². The van der Waals surface area contributed by atoms with E-state index in [1.165, 1.54) is 6.92 Å². The Morgan fingerprint density at radius 3 is 1.81 bits per heavy atom. The van der Waals surface area contributed by atoms with Gasteiger partial charge in [0.1, 0.15) is 0 Å². The topological polar surface area (TPSA) is 95.6 Å². The minimum absolute atomic E-state index is 0.170. The molecule has 7 heteroatoms. The molecule has 1 heterocycles. The van der Waals surface area contributed by atoms with Crippen molar-refractivity contribution in [1.29, 1.82) is 0 Å². The number of hydrogen-bond donors (Lipinski definition) is 2. The number of nitrogens with zero attached hydrogens (tertiary/aromatic N) is 1. The van der Waals surface area contributed by atoms with Crippen LogP contribution >= 0.6 is 0 Å². The van der Waals surface area contributed by atoms with Gasteiger partial charge in [-0.1, -0.05) is 0 Å². The van der Waals surface area contributed by atoms with Crippen LogP contribution in [0.15, 0.2) is 48.5 Å². The molecule has 0 saturated carbocycles. The van der Waals surface area contributed by atoms with Gasteiger partial charge in [-0.15, -0.1) is 0 Å². The van der Waals surface area contributed by atoms with E-state index in [0.717, 1.165) is 4.90 Å². The van der Waals surface area contributed by atoms with Crippen molar-refractivity contribution in [3.05, 3.63) is 54.1 Å². The molecule has 2 aromatic carbocycles. The summed E-state index contributed by atoms with van der Waals surface area (Å²) in [7, 11) is 0. The predicted molar refractivity (Wildman–Crippen MR) is 96.9 cm³/mol. The van der Waals surface area contributed by atoms with E-state index in [4.69, 9.17) is 0 Å². The lowest BCUT2D eigenvalue weighted by molar-refractivity contribution is -0.121. The second-order valence-corrected chi connectivity index (χ2v) is 5.88. The number of rotatable bonds is 4. The van der Waals surface area contributed by atoms with E-state index >= 15 is 0 Å². The van der Waals surface area contributed by atoms with Crippen molar-refractivity contribution in [3.63, 3.8) is 0 Å². The number of benzene rings is 2. The summed E-state index contributed by atoms with van der Waals surface area (Å²) in [5.74, 6) is -0.947. The van der Waals surface area contributed by atoms with Crippen molar-refractivity contribution in [1.82, 2.24) is 0 Å². The largest absolute Gasteiger partial charge is 0.326 e. The molecule has 1 fully saturated rings. The Hall–Kier alpha value is -3.48. The Kier molecular flexibility index (Phi) is 4.79. The zero-order chi connectivity index (χ0) is 18.7. The lowest BCUT2D eigenvalue weighted by atomic mass is 10.1. The van der Waals surface area contributed by atoms with Crippen LogP contribution in [0.2, 0.25) is 0 Å². The Morgan fingerprint density at radius 2 is 1.31 bits per heavy atom. The molecule has 0 aliphatic carbocycles. The summed E-state index contributed by atoms with van der Waals surface area (Å²) < 4.78 is 0. The fourth-order valence-corrected chi connectivity index (χ4v) is 2.67. The average molecular weight is 351 g/mol. The van der Waals surface area contributed by atoms with E-state index in [-0.39, 0.29) is 36.5 Å². The van der Waals surface area contributed by atoms with Crippen LogP contribution in [0.3, 0.4) is 0 Å². The van der Waals surface area contributed by atoms with Gasteiger partial charge < -0.3 is 10.6 Å². The van der Waals surface area contributed by atoms with E-state index in [2.05, 4.69) is 10.6 Å². The lowest BCUT2D eigenvalue weighted by Gasteiger charge is -2.14. The summed E-state index contributed by atoms with van der Waals surface area (Å²) in [6, 6.07) is 13.0. The highest BCUT2D eigenvalue weighted by atomic mass is 16.2. The van der Waals surface area contributed by atoms with Crippen LogP contribution in [-0.4, -0.2) is 23.6 Å². The van der Waals surface area contributed by atoms with Crippen molar-refractivity contribution in [2.24, 2.45) is 0 Å². The maximum Gasteiger partial charge on any atom is 0.255 e. The average Bonchev–Trinajstić information content (AvgIpc) is 2.95. The molecule has 26 heavy (non-hydrogen) atoms. The zero-order valence-corrected chi connectivity index (χ0v) is 14.1. The van der Waals surface area contributed by atoms with Gasteiger partial charge in [0.25, 0.3) is 5.91 Å². The number of carbonyl (C=O) groups excluding carboxylic acids is 4. The first-order valence-corrected chi connectivity index (χ1v) is 8.09. The SMILES string of the molecule is CC(=O)Nc1ccc(NC(=O)c2ccc(N3C(=O)CCC3=O)cc2)cc1. The summed E-state index contributed by atoms with van der Waals surface area (Å²) in [6.07, 6.45) is 0.436. The summed E-state index contributed by atoms with van der Waals surface area (Å²) in [5.41, 5.74) is 2.09. The van der Waals surface area contributed by atoms with Gasteiger partial charge in [-0.25, -0.2) is 0 Å². The first-order valence-electron chi connectivity index (χ1n) is 8.09. The van der Waals surface area contributed by atoms with E-state index in [9.17, 15) is 19.2 Å². The molecule has 7 nitrogen and oxygen atoms in total. The molecule has 0 aromatic heterocycles. The Balaban J connectivity index is 1.67. The van der Waals surface area contributed by atoms with Crippen LogP contribution in [-0.2, 0) is 14.4 Å². The van der Waals surface area contributed by atoms with E-state index in [0.29, 0.717) is 22.6 Å². The molecule has 0 radical (unpaired) electrons. The van der Waals surface area contributed by atoms with Gasteiger partial charge in [0.2, 0.25) is 17.7 Å². The third-order valence-corrected chi connectivity index (χ3v) is 3.90. The molecule has 1 aliphatic heterocycles. The van der Waals surface area contributed by atoms with Crippen LogP contribution in [0, 0.1) is 0 Å². The lowest BCUT2D eigenvalue weighted by Crippen LogP contribution is -2.28. The van der Waals surface area contributed by atoms with Crippen molar-refractivity contribution >= 4 is 40.7 Å². The highest BCUT2D eigenvalue weighted by molar-refractivity contribution is 6.20. The Bertz CT molecular complexity index is 857. The molecular formula is C19H17N3O4. The molecular weight excluding hydrogens is 334 g/mol. The number of imide groups is 1. The number of anilines is 3. The van der Waals surface area contributed by atoms with Gasteiger partial charge in [-0.3, -0.25) is 24.1 Å². The van der Waals surface area contributed by atoms with Gasteiger partial charge in [-0.05, 0) is 48.5 Å². The van der Waals surface area contributed by atoms with E-state index in [1.54, 1.807) is 48.5 Å². The van der Waals surface area contributed by atoms with Crippen molar-refractivity contribution in [2.45, 2.75) is 19.8 Å². The molecule has 2 aromatic rings. The molecule has 132 valence electrons. The van der Waals surface area contributed by atoms with Crippen molar-refractivity contribution < 1.29 is 19.2 Å². The van der Waals surface area contributed by atoms with Crippen molar-refractivity contribution in [3.8, 4) is 0 Å². The quantitative estimate of drug-likeness (QED) is 0.828. The second-order valence-electron chi connectivity index (χ2n) is 5.88. The highest BCUT2D eigenvalue weighted by Gasteiger charge is 2.30. The fourth-order valence-electron chi connectivity index (χ4n) is 2.67. The number of hydrogen-bond acceptors (Lipinski definition) is 4. The maximum absolute atomic E-state index is 12.3.